The number of halogens is 3. The van der Waals surface area contributed by atoms with Crippen LogP contribution in [0.15, 0.2) is 66.7 Å². The van der Waals surface area contributed by atoms with Gasteiger partial charge in [0.05, 0.1) is 5.56 Å². The Morgan fingerprint density at radius 3 is 2.11 bits per heavy atom. The van der Waals surface area contributed by atoms with Crippen molar-refractivity contribution in [2.75, 3.05) is 13.7 Å². The summed E-state index contributed by atoms with van der Waals surface area (Å²) in [6.07, 6.45) is -5.71. The molecule has 1 aliphatic rings. The molecule has 0 aromatic heterocycles. The highest BCUT2D eigenvalue weighted by molar-refractivity contribution is 5.81. The Kier molecular flexibility index (Phi) is 6.56. The molecule has 8 heteroatoms. The summed E-state index contributed by atoms with van der Waals surface area (Å²) in [5, 5.41) is 9.72. The van der Waals surface area contributed by atoms with E-state index < -0.39 is 29.8 Å². The first kappa shape index (κ1) is 24.3. The molecule has 1 amide bonds. The van der Waals surface area contributed by atoms with Crippen molar-refractivity contribution in [1.29, 1.82) is 0 Å². The lowest BCUT2D eigenvalue weighted by Gasteiger charge is -2.25. The van der Waals surface area contributed by atoms with Crippen LogP contribution < -0.4 is 0 Å². The number of carbonyl (C=O) groups excluding carboxylic acids is 1. The fraction of sp³-hybridized carbons (Fsp3) is 0.259. The minimum atomic E-state index is -4.56. The molecule has 35 heavy (non-hydrogen) atoms. The van der Waals surface area contributed by atoms with Crippen LogP contribution in [0.3, 0.4) is 0 Å². The average Bonchev–Trinajstić information content (AvgIpc) is 3.13. The molecule has 0 bridgehead atoms. The Morgan fingerprint density at radius 2 is 1.57 bits per heavy atom. The third kappa shape index (κ3) is 5.01. The number of aryl methyl sites for hydroxylation is 1. The van der Waals surface area contributed by atoms with E-state index in [4.69, 9.17) is 4.74 Å². The first-order valence-corrected chi connectivity index (χ1v) is 11.0. The van der Waals surface area contributed by atoms with E-state index in [0.717, 1.165) is 39.3 Å². The van der Waals surface area contributed by atoms with Crippen LogP contribution in [0.2, 0.25) is 0 Å². The van der Waals surface area contributed by atoms with Gasteiger partial charge in [0.15, 0.2) is 0 Å². The van der Waals surface area contributed by atoms with Gasteiger partial charge in [0, 0.05) is 19.4 Å². The molecule has 1 aliphatic carbocycles. The second-order valence-corrected chi connectivity index (χ2v) is 8.68. The number of ether oxygens (including phenoxy) is 1. The maximum absolute atomic E-state index is 13.2. The number of carboxylic acid groups (broad SMARTS) is 1. The molecule has 0 unspecified atom stereocenters. The van der Waals surface area contributed by atoms with Crippen LogP contribution in [0.1, 0.15) is 33.7 Å². The summed E-state index contributed by atoms with van der Waals surface area (Å²) in [7, 11) is 1.28. The summed E-state index contributed by atoms with van der Waals surface area (Å²) in [6.45, 7) is 1.51. The topological polar surface area (TPSA) is 66.8 Å². The van der Waals surface area contributed by atoms with Crippen LogP contribution in [-0.2, 0) is 22.1 Å². The van der Waals surface area contributed by atoms with E-state index in [-0.39, 0.29) is 24.5 Å². The van der Waals surface area contributed by atoms with Crippen molar-refractivity contribution in [2.45, 2.75) is 31.5 Å². The monoisotopic (exact) mass is 483 g/mol. The lowest BCUT2D eigenvalue weighted by atomic mass is 9.98. The average molecular weight is 483 g/mol. The number of aliphatic carboxylic acids is 1. The van der Waals surface area contributed by atoms with Crippen molar-refractivity contribution < 1.29 is 32.6 Å². The third-order valence-corrected chi connectivity index (χ3v) is 6.27. The molecular weight excluding hydrogens is 459 g/mol. The zero-order chi connectivity index (χ0) is 25.3. The number of rotatable bonds is 6. The zero-order valence-corrected chi connectivity index (χ0v) is 19.2. The molecule has 0 radical (unpaired) electrons. The molecule has 4 rings (SSSR count). The first-order valence-electron chi connectivity index (χ1n) is 11.0. The number of hydrogen-bond acceptors (Lipinski definition) is 3. The first-order chi connectivity index (χ1) is 16.6. The highest BCUT2D eigenvalue weighted by Crippen LogP contribution is 2.44. The number of carboxylic acids is 1. The molecule has 182 valence electrons. The van der Waals surface area contributed by atoms with Crippen molar-refractivity contribution in [3.05, 3.63) is 94.5 Å². The molecule has 5 nitrogen and oxygen atoms in total. The predicted molar refractivity (Wildman–Crippen MR) is 124 cm³/mol. The molecule has 0 saturated heterocycles. The largest absolute Gasteiger partial charge is 0.480 e. The number of nitrogens with zero attached hydrogens (tertiary/aromatic N) is 1. The van der Waals surface area contributed by atoms with Crippen molar-refractivity contribution in [2.24, 2.45) is 0 Å². The SMILES string of the molecule is Cc1cc(C[C@@H](C(=O)O)N(C)C(=O)OCC2c3ccccc3-c3ccccc32)cc(C(F)(F)F)c1. The van der Waals surface area contributed by atoms with Crippen molar-refractivity contribution >= 4 is 12.1 Å². The molecule has 0 saturated carbocycles. The van der Waals surface area contributed by atoms with Crippen LogP contribution in [0.4, 0.5) is 18.0 Å². The molecule has 0 heterocycles. The lowest BCUT2D eigenvalue weighted by Crippen LogP contribution is -2.44. The van der Waals surface area contributed by atoms with Gasteiger partial charge in [-0.25, -0.2) is 9.59 Å². The summed E-state index contributed by atoms with van der Waals surface area (Å²) >= 11 is 0. The highest BCUT2D eigenvalue weighted by Gasteiger charge is 2.34. The smallest absolute Gasteiger partial charge is 0.416 e. The minimum Gasteiger partial charge on any atom is -0.480 e. The quantitative estimate of drug-likeness (QED) is 0.475. The van der Waals surface area contributed by atoms with Gasteiger partial charge in [-0.3, -0.25) is 4.90 Å². The number of carbonyl (C=O) groups is 2. The molecule has 1 atom stereocenters. The Hall–Kier alpha value is -3.81. The van der Waals surface area contributed by atoms with Crippen LogP contribution in [0, 0.1) is 6.92 Å². The minimum absolute atomic E-state index is 0.00616. The number of alkyl halides is 3. The van der Waals surface area contributed by atoms with Gasteiger partial charge in [0.25, 0.3) is 0 Å². The van der Waals surface area contributed by atoms with E-state index in [1.54, 1.807) is 0 Å². The van der Waals surface area contributed by atoms with Crippen LogP contribution in [0.5, 0.6) is 0 Å². The van der Waals surface area contributed by atoms with E-state index in [1.807, 2.05) is 48.5 Å². The second-order valence-electron chi connectivity index (χ2n) is 8.68. The van der Waals surface area contributed by atoms with Gasteiger partial charge >= 0.3 is 18.2 Å². The van der Waals surface area contributed by atoms with E-state index in [2.05, 4.69) is 0 Å². The number of hydrogen-bond donors (Lipinski definition) is 1. The second kappa shape index (κ2) is 9.44. The van der Waals surface area contributed by atoms with E-state index in [9.17, 15) is 27.9 Å². The summed E-state index contributed by atoms with van der Waals surface area (Å²) < 4.78 is 45.1. The number of benzene rings is 3. The van der Waals surface area contributed by atoms with Gasteiger partial charge in [0.2, 0.25) is 0 Å². The third-order valence-electron chi connectivity index (χ3n) is 6.27. The van der Waals surface area contributed by atoms with Crippen LogP contribution in [-0.4, -0.2) is 41.8 Å². The van der Waals surface area contributed by atoms with E-state index in [0.29, 0.717) is 5.56 Å². The van der Waals surface area contributed by atoms with Crippen LogP contribution in [0.25, 0.3) is 11.1 Å². The Labute approximate surface area is 200 Å². The Morgan fingerprint density at radius 1 is 1.00 bits per heavy atom. The van der Waals surface area contributed by atoms with Gasteiger partial charge in [-0.1, -0.05) is 60.2 Å². The van der Waals surface area contributed by atoms with Gasteiger partial charge < -0.3 is 9.84 Å². The lowest BCUT2D eigenvalue weighted by molar-refractivity contribution is -0.142. The van der Waals surface area contributed by atoms with Crippen molar-refractivity contribution in [1.82, 2.24) is 4.90 Å². The molecule has 3 aromatic rings. The van der Waals surface area contributed by atoms with E-state index >= 15 is 0 Å². The van der Waals surface area contributed by atoms with E-state index in [1.165, 1.54) is 20.0 Å². The molecule has 0 fully saturated rings. The van der Waals surface area contributed by atoms with Gasteiger partial charge in [-0.15, -0.1) is 0 Å². The van der Waals surface area contributed by atoms with Crippen molar-refractivity contribution in [3.8, 4) is 11.1 Å². The maximum atomic E-state index is 13.2. The van der Waals surface area contributed by atoms with Gasteiger partial charge in [-0.2, -0.15) is 13.2 Å². The van der Waals surface area contributed by atoms with Gasteiger partial charge in [0.1, 0.15) is 12.6 Å². The molecule has 1 N–H and O–H groups in total. The summed E-state index contributed by atoms with van der Waals surface area (Å²) in [5.74, 6) is -1.54. The van der Waals surface area contributed by atoms with Gasteiger partial charge in [-0.05, 0) is 46.9 Å². The number of likely N-dealkylation sites (N-methyl/N-ethyl adjacent to an activating group) is 1. The zero-order valence-electron chi connectivity index (χ0n) is 19.2. The standard InChI is InChI=1S/C27H24F3NO4/c1-16-11-17(13-18(12-16)27(28,29)30)14-24(25(32)33)31(2)26(34)35-15-23-21-9-5-3-7-19(21)20-8-4-6-10-22(20)23/h3-13,23-24H,14-15H2,1-2H3,(H,32,33)/t24-/m0/s1. The summed E-state index contributed by atoms with van der Waals surface area (Å²) in [5.41, 5.74) is 3.80. The van der Waals surface area contributed by atoms with Crippen LogP contribution >= 0.6 is 0 Å². The highest BCUT2D eigenvalue weighted by atomic mass is 19.4. The normalized spacial score (nSPS) is 13.6. The fourth-order valence-corrected chi connectivity index (χ4v) is 4.58. The van der Waals surface area contributed by atoms with Crippen molar-refractivity contribution in [3.63, 3.8) is 0 Å². The number of amides is 1. The molecule has 3 aromatic carbocycles. The molecule has 0 spiro atoms. The summed E-state index contributed by atoms with van der Waals surface area (Å²) in [6, 6.07) is 17.6. The summed E-state index contributed by atoms with van der Waals surface area (Å²) in [4.78, 5) is 25.7. The maximum Gasteiger partial charge on any atom is 0.416 e. The molecule has 0 aliphatic heterocycles. The Balaban J connectivity index is 1.50. The Bertz CT molecular complexity index is 1230. The predicted octanol–water partition coefficient (Wildman–Crippen LogP) is 5.89. The molecular formula is C27H24F3NO4. The fourth-order valence-electron chi connectivity index (χ4n) is 4.58. The number of fused-ring (bicyclic) bond motifs is 3.